The fourth-order valence-corrected chi connectivity index (χ4v) is 5.00. The van der Waals surface area contributed by atoms with Crippen LogP contribution in [-0.4, -0.2) is 65.3 Å². The number of nitrogens with one attached hydrogen (secondary N) is 1. The van der Waals surface area contributed by atoms with Gasteiger partial charge in [-0.15, -0.1) is 11.3 Å². The molecule has 36 heavy (non-hydrogen) atoms. The number of rotatable bonds is 8. The second-order valence-corrected chi connectivity index (χ2v) is 9.86. The van der Waals surface area contributed by atoms with E-state index < -0.39 is 24.0 Å². The number of aliphatic hydroxyl groups is 2. The van der Waals surface area contributed by atoms with Crippen molar-refractivity contribution in [1.29, 1.82) is 0 Å². The van der Waals surface area contributed by atoms with Gasteiger partial charge in [0, 0.05) is 31.1 Å². The number of thiophene rings is 1. The number of amides is 2. The highest BCUT2D eigenvalue weighted by molar-refractivity contribution is 7.10. The van der Waals surface area contributed by atoms with E-state index in [1.807, 2.05) is 78.2 Å². The van der Waals surface area contributed by atoms with E-state index in [1.54, 1.807) is 0 Å². The number of carbonyl (C=O) groups is 2. The third kappa shape index (κ3) is 6.53. The summed E-state index contributed by atoms with van der Waals surface area (Å²) in [5.74, 6) is -1.46. The molecule has 0 radical (unpaired) electrons. The predicted molar refractivity (Wildman–Crippen MR) is 144 cm³/mol. The number of anilines is 1. The second kappa shape index (κ2) is 12.2. The third-order valence-electron chi connectivity index (χ3n) is 5.98. The van der Waals surface area contributed by atoms with Crippen LogP contribution >= 0.6 is 22.9 Å². The van der Waals surface area contributed by atoms with Crippen LogP contribution in [-0.2, 0) is 16.1 Å². The van der Waals surface area contributed by atoms with Crippen LogP contribution in [0.5, 0.6) is 0 Å². The maximum Gasteiger partial charge on any atom is 0.254 e. The monoisotopic (exact) mass is 525 g/mol. The number of benzene rings is 2. The highest BCUT2D eigenvalue weighted by Crippen LogP contribution is 2.26. The largest absolute Gasteiger partial charge is 0.380 e. The summed E-state index contributed by atoms with van der Waals surface area (Å²) in [5.41, 5.74) is 2.98. The van der Waals surface area contributed by atoms with E-state index in [0.29, 0.717) is 31.2 Å². The first-order valence-electron chi connectivity index (χ1n) is 11.6. The van der Waals surface area contributed by atoms with Gasteiger partial charge in [0.2, 0.25) is 0 Å². The third-order valence-corrected chi connectivity index (χ3v) is 7.26. The lowest BCUT2D eigenvalue weighted by Crippen LogP contribution is -2.55. The SMILES string of the molecule is O=C(NCc1cc(C=Cc2ccccc2)cs1)[C@H](O)[C@@H](O)C(=O)N1CCN(c2ccccc2Cl)CC1. The van der Waals surface area contributed by atoms with Crippen LogP contribution in [0.2, 0.25) is 5.02 Å². The molecule has 0 aliphatic carbocycles. The van der Waals surface area contributed by atoms with E-state index in [4.69, 9.17) is 11.6 Å². The van der Waals surface area contributed by atoms with Crippen LogP contribution in [0.15, 0.2) is 66.0 Å². The number of hydrogen-bond donors (Lipinski definition) is 3. The van der Waals surface area contributed by atoms with Crippen molar-refractivity contribution >= 4 is 52.6 Å². The summed E-state index contributed by atoms with van der Waals surface area (Å²) in [6, 6.07) is 19.3. The summed E-state index contributed by atoms with van der Waals surface area (Å²) in [6.07, 6.45) is 0.311. The second-order valence-electron chi connectivity index (χ2n) is 8.46. The summed E-state index contributed by atoms with van der Waals surface area (Å²) in [5, 5.41) is 25.9. The molecule has 1 aromatic heterocycles. The molecule has 1 saturated heterocycles. The molecule has 1 aliphatic heterocycles. The number of para-hydroxylation sites is 1. The van der Waals surface area contributed by atoms with Crippen molar-refractivity contribution in [3.8, 4) is 0 Å². The van der Waals surface area contributed by atoms with Gasteiger partial charge in [-0.3, -0.25) is 9.59 Å². The van der Waals surface area contributed by atoms with Gasteiger partial charge in [-0.05, 0) is 34.7 Å². The normalized spacial score (nSPS) is 15.6. The summed E-state index contributed by atoms with van der Waals surface area (Å²) in [7, 11) is 0. The van der Waals surface area contributed by atoms with Gasteiger partial charge in [-0.25, -0.2) is 0 Å². The topological polar surface area (TPSA) is 93.1 Å². The molecule has 188 valence electrons. The van der Waals surface area contributed by atoms with Gasteiger partial charge in [0.15, 0.2) is 12.2 Å². The maximum atomic E-state index is 12.7. The molecule has 1 fully saturated rings. The Morgan fingerprint density at radius 3 is 2.33 bits per heavy atom. The molecular weight excluding hydrogens is 498 g/mol. The Bertz CT molecular complexity index is 1210. The van der Waals surface area contributed by atoms with Gasteiger partial charge in [0.05, 0.1) is 17.3 Å². The molecule has 0 saturated carbocycles. The first kappa shape index (κ1) is 25.9. The molecule has 0 spiro atoms. The molecule has 0 unspecified atom stereocenters. The number of carbonyl (C=O) groups excluding carboxylic acids is 2. The highest BCUT2D eigenvalue weighted by Gasteiger charge is 2.34. The Morgan fingerprint density at radius 2 is 1.61 bits per heavy atom. The summed E-state index contributed by atoms with van der Waals surface area (Å²) >= 11 is 7.73. The number of halogens is 1. The van der Waals surface area contributed by atoms with Crippen LogP contribution in [0.4, 0.5) is 5.69 Å². The van der Waals surface area contributed by atoms with Gasteiger partial charge in [-0.1, -0.05) is 66.2 Å². The van der Waals surface area contributed by atoms with Gasteiger partial charge in [0.1, 0.15) is 0 Å². The van der Waals surface area contributed by atoms with Gasteiger partial charge >= 0.3 is 0 Å². The minimum atomic E-state index is -1.85. The molecule has 3 N–H and O–H groups in total. The van der Waals surface area contributed by atoms with E-state index >= 15 is 0 Å². The fourth-order valence-electron chi connectivity index (χ4n) is 3.95. The average molecular weight is 526 g/mol. The van der Waals surface area contributed by atoms with Crippen molar-refractivity contribution in [1.82, 2.24) is 10.2 Å². The molecule has 2 aromatic carbocycles. The fraction of sp³-hybridized carbons (Fsp3) is 0.259. The molecule has 0 bridgehead atoms. The van der Waals surface area contributed by atoms with Crippen molar-refractivity contribution in [3.63, 3.8) is 0 Å². The molecule has 4 rings (SSSR count). The number of aliphatic hydroxyl groups excluding tert-OH is 2. The lowest BCUT2D eigenvalue weighted by molar-refractivity contribution is -0.153. The number of hydrogen-bond acceptors (Lipinski definition) is 6. The minimum absolute atomic E-state index is 0.192. The van der Waals surface area contributed by atoms with Gasteiger partial charge < -0.3 is 25.3 Å². The zero-order valence-corrected chi connectivity index (χ0v) is 21.2. The molecule has 2 atom stereocenters. The molecule has 1 aliphatic rings. The number of piperazine rings is 1. The number of nitrogens with zero attached hydrogens (tertiary/aromatic N) is 2. The molecule has 2 amide bonds. The van der Waals surface area contributed by atoms with E-state index in [0.717, 1.165) is 21.7 Å². The summed E-state index contributed by atoms with van der Waals surface area (Å²) in [6.45, 7) is 1.96. The van der Waals surface area contributed by atoms with Crippen LogP contribution in [0.25, 0.3) is 12.2 Å². The molecule has 7 nitrogen and oxygen atoms in total. The zero-order chi connectivity index (χ0) is 25.5. The summed E-state index contributed by atoms with van der Waals surface area (Å²) < 4.78 is 0. The van der Waals surface area contributed by atoms with Crippen LogP contribution in [0, 0.1) is 0 Å². The van der Waals surface area contributed by atoms with Crippen LogP contribution < -0.4 is 10.2 Å². The van der Waals surface area contributed by atoms with Crippen molar-refractivity contribution in [2.75, 3.05) is 31.1 Å². The first-order valence-corrected chi connectivity index (χ1v) is 12.9. The van der Waals surface area contributed by atoms with E-state index in [-0.39, 0.29) is 6.54 Å². The van der Waals surface area contributed by atoms with Crippen LogP contribution in [0.3, 0.4) is 0 Å². The van der Waals surface area contributed by atoms with Crippen molar-refractivity contribution < 1.29 is 19.8 Å². The Kier molecular flexibility index (Phi) is 8.77. The minimum Gasteiger partial charge on any atom is -0.380 e. The van der Waals surface area contributed by atoms with Gasteiger partial charge in [-0.2, -0.15) is 0 Å². The Hall–Kier alpha value is -3.17. The Balaban J connectivity index is 1.24. The van der Waals surface area contributed by atoms with E-state index in [1.165, 1.54) is 16.2 Å². The molecular formula is C27H28ClN3O4S. The Morgan fingerprint density at radius 1 is 0.944 bits per heavy atom. The molecule has 9 heteroatoms. The van der Waals surface area contributed by atoms with Crippen LogP contribution in [0.1, 0.15) is 16.0 Å². The lowest BCUT2D eigenvalue weighted by Gasteiger charge is -2.37. The maximum absolute atomic E-state index is 12.7. The predicted octanol–water partition coefficient (Wildman–Crippen LogP) is 3.26. The standard InChI is InChI=1S/C27H28ClN3O4S/c28-22-8-4-5-9-23(22)30-12-14-31(15-13-30)27(35)25(33)24(32)26(34)29-17-21-16-20(18-36-21)11-10-19-6-2-1-3-7-19/h1-11,16,18,24-25,32-33H,12-15,17H2,(H,29,34)/t24-,25-/m1/s1. The highest BCUT2D eigenvalue weighted by atomic mass is 35.5. The average Bonchev–Trinajstić information content (AvgIpc) is 3.38. The zero-order valence-electron chi connectivity index (χ0n) is 19.6. The van der Waals surface area contributed by atoms with Crippen molar-refractivity contribution in [3.05, 3.63) is 87.1 Å². The lowest BCUT2D eigenvalue weighted by atomic mass is 10.1. The van der Waals surface area contributed by atoms with Gasteiger partial charge in [0.25, 0.3) is 11.8 Å². The van der Waals surface area contributed by atoms with E-state index in [9.17, 15) is 19.8 Å². The Labute approximate surface area is 219 Å². The smallest absolute Gasteiger partial charge is 0.254 e. The summed E-state index contributed by atoms with van der Waals surface area (Å²) in [4.78, 5) is 29.5. The molecule has 2 heterocycles. The quantitative estimate of drug-likeness (QED) is 0.420. The van der Waals surface area contributed by atoms with Crippen molar-refractivity contribution in [2.45, 2.75) is 18.8 Å². The first-order chi connectivity index (χ1) is 17.4. The van der Waals surface area contributed by atoms with E-state index in [2.05, 4.69) is 10.2 Å². The van der Waals surface area contributed by atoms with Crippen molar-refractivity contribution in [2.24, 2.45) is 0 Å². The molecule has 3 aromatic rings.